The predicted octanol–water partition coefficient (Wildman–Crippen LogP) is 3.58. The van der Waals surface area contributed by atoms with E-state index in [9.17, 15) is 4.79 Å². The van der Waals surface area contributed by atoms with Crippen LogP contribution in [0.4, 0.5) is 0 Å². The largest absolute Gasteiger partial charge is 0.357 e. The van der Waals surface area contributed by atoms with Gasteiger partial charge in [-0.05, 0) is 31.0 Å². The number of halogens is 1. The van der Waals surface area contributed by atoms with Crippen molar-refractivity contribution in [3.8, 4) is 0 Å². The van der Waals surface area contributed by atoms with Crippen molar-refractivity contribution in [1.82, 2.24) is 20.2 Å². The molecule has 0 atom stereocenters. The summed E-state index contributed by atoms with van der Waals surface area (Å²) in [4.78, 5) is 22.1. The number of guanidine groups is 1. The van der Waals surface area contributed by atoms with Gasteiger partial charge in [0.2, 0.25) is 0 Å². The summed E-state index contributed by atoms with van der Waals surface area (Å²) in [7, 11) is 0. The molecule has 2 aromatic heterocycles. The first-order valence-electron chi connectivity index (χ1n) is 9.81. The van der Waals surface area contributed by atoms with Gasteiger partial charge < -0.3 is 15.2 Å². The predicted molar refractivity (Wildman–Crippen MR) is 135 cm³/mol. The van der Waals surface area contributed by atoms with Crippen LogP contribution in [0.1, 0.15) is 27.9 Å². The Balaban J connectivity index is 0.00000320. The van der Waals surface area contributed by atoms with Crippen LogP contribution in [0.15, 0.2) is 64.6 Å². The molecule has 0 unspecified atom stereocenters. The summed E-state index contributed by atoms with van der Waals surface area (Å²) in [6.45, 7) is 6.91. The van der Waals surface area contributed by atoms with Crippen molar-refractivity contribution in [3.63, 3.8) is 0 Å². The summed E-state index contributed by atoms with van der Waals surface area (Å²) in [6.07, 6.45) is 4.61. The van der Waals surface area contributed by atoms with Crippen molar-refractivity contribution in [2.75, 3.05) is 13.1 Å². The maximum Gasteiger partial charge on any atom is 0.250 e. The minimum Gasteiger partial charge on any atom is -0.357 e. The van der Waals surface area contributed by atoms with Crippen LogP contribution in [0.3, 0.4) is 0 Å². The van der Waals surface area contributed by atoms with Crippen LogP contribution >= 0.6 is 35.3 Å². The van der Waals surface area contributed by atoms with Crippen LogP contribution in [0.2, 0.25) is 0 Å². The van der Waals surface area contributed by atoms with E-state index in [-0.39, 0.29) is 29.5 Å². The molecule has 2 N–H and O–H groups in total. The zero-order chi connectivity index (χ0) is 20.5. The van der Waals surface area contributed by atoms with E-state index < -0.39 is 0 Å². The number of nitrogens with one attached hydrogen (secondary N) is 2. The molecule has 0 radical (unpaired) electrons. The molecule has 3 rings (SSSR count). The lowest BCUT2D eigenvalue weighted by atomic mass is 10.1. The maximum absolute atomic E-state index is 11.8. The first-order valence-corrected chi connectivity index (χ1v) is 10.6. The topological polar surface area (TPSA) is 71.3 Å². The Kier molecular flexibility index (Phi) is 10.0. The molecule has 0 bridgehead atoms. The second-order valence-electron chi connectivity index (χ2n) is 6.72. The van der Waals surface area contributed by atoms with Crippen LogP contribution in [0.5, 0.6) is 0 Å². The summed E-state index contributed by atoms with van der Waals surface area (Å²) in [5.41, 5.74) is 2.23. The number of hydrogen-bond acceptors (Lipinski definition) is 4. The third-order valence-electron chi connectivity index (χ3n) is 4.34. The molecule has 0 aliphatic rings. The van der Waals surface area contributed by atoms with Crippen LogP contribution in [0, 0.1) is 6.92 Å². The fourth-order valence-corrected chi connectivity index (χ4v) is 3.64. The van der Waals surface area contributed by atoms with Crippen molar-refractivity contribution in [2.45, 2.75) is 33.4 Å². The Morgan fingerprint density at radius 2 is 1.90 bits per heavy atom. The number of benzene rings is 1. The third-order valence-corrected chi connectivity index (χ3v) is 5.31. The minimum absolute atomic E-state index is 0. The summed E-state index contributed by atoms with van der Waals surface area (Å²) < 4.78 is 1.70. The highest BCUT2D eigenvalue weighted by Gasteiger charge is 2.02. The Hall–Kier alpha value is -2.20. The molecule has 8 heteroatoms. The molecule has 160 valence electrons. The van der Waals surface area contributed by atoms with E-state index in [1.807, 2.05) is 18.5 Å². The van der Waals surface area contributed by atoms with Gasteiger partial charge in [-0.3, -0.25) is 4.79 Å². The van der Waals surface area contributed by atoms with Crippen molar-refractivity contribution >= 4 is 41.3 Å². The van der Waals surface area contributed by atoms with E-state index in [1.165, 1.54) is 4.88 Å². The summed E-state index contributed by atoms with van der Waals surface area (Å²) in [5.74, 6) is 0.806. The van der Waals surface area contributed by atoms with Crippen LogP contribution in [-0.2, 0) is 19.5 Å². The van der Waals surface area contributed by atoms with Crippen molar-refractivity contribution in [3.05, 3.63) is 86.2 Å². The van der Waals surface area contributed by atoms with E-state index in [0.29, 0.717) is 13.1 Å². The number of aromatic nitrogens is 2. The standard InChI is InChI=1S/C22H27N5OS.HI/c1-3-23-22(24-12-11-20-25-14-17(2)29-20)26-15-18-7-9-19(10-8-18)16-27-13-5-4-6-21(27)28;/h4-10,13-14H,3,11-12,15-16H2,1-2H3,(H2,23,24,26);1H. The second kappa shape index (κ2) is 12.5. The number of aryl methyl sites for hydroxylation is 1. The van der Waals surface area contributed by atoms with Crippen LogP contribution in [0.25, 0.3) is 0 Å². The lowest BCUT2D eigenvalue weighted by molar-refractivity contribution is 0.759. The number of rotatable bonds is 8. The van der Waals surface area contributed by atoms with Gasteiger partial charge in [0, 0.05) is 42.8 Å². The Morgan fingerprint density at radius 3 is 2.57 bits per heavy atom. The zero-order valence-corrected chi connectivity index (χ0v) is 20.4. The molecule has 0 spiro atoms. The van der Waals surface area contributed by atoms with Gasteiger partial charge in [-0.2, -0.15) is 0 Å². The number of aliphatic imine (C=N–C) groups is 1. The number of nitrogens with zero attached hydrogens (tertiary/aromatic N) is 3. The van der Waals surface area contributed by atoms with Crippen molar-refractivity contribution in [1.29, 1.82) is 0 Å². The van der Waals surface area contributed by atoms with Gasteiger partial charge in [-0.25, -0.2) is 9.98 Å². The van der Waals surface area contributed by atoms with Gasteiger partial charge in [0.05, 0.1) is 18.1 Å². The molecule has 0 aliphatic carbocycles. The summed E-state index contributed by atoms with van der Waals surface area (Å²) in [6, 6.07) is 13.4. The van der Waals surface area contributed by atoms with Gasteiger partial charge >= 0.3 is 0 Å². The van der Waals surface area contributed by atoms with Gasteiger partial charge in [-0.15, -0.1) is 35.3 Å². The lowest BCUT2D eigenvalue weighted by Crippen LogP contribution is -2.38. The Morgan fingerprint density at radius 1 is 1.13 bits per heavy atom. The second-order valence-corrected chi connectivity index (χ2v) is 8.04. The van der Waals surface area contributed by atoms with Gasteiger partial charge in [0.25, 0.3) is 5.56 Å². The molecule has 0 saturated heterocycles. The summed E-state index contributed by atoms with van der Waals surface area (Å²) >= 11 is 1.73. The first-order chi connectivity index (χ1) is 14.1. The average molecular weight is 537 g/mol. The Labute approximate surface area is 198 Å². The minimum atomic E-state index is 0. The van der Waals surface area contributed by atoms with E-state index in [4.69, 9.17) is 0 Å². The third kappa shape index (κ3) is 7.56. The van der Waals surface area contributed by atoms with Gasteiger partial charge in [0.15, 0.2) is 5.96 Å². The Bertz CT molecular complexity index is 997. The number of pyridine rings is 1. The smallest absolute Gasteiger partial charge is 0.250 e. The molecule has 6 nitrogen and oxygen atoms in total. The molecule has 1 aromatic carbocycles. The molecule has 0 aliphatic heterocycles. The maximum atomic E-state index is 11.8. The number of thiazole rings is 1. The van der Waals surface area contributed by atoms with Crippen LogP contribution < -0.4 is 16.2 Å². The van der Waals surface area contributed by atoms with Crippen molar-refractivity contribution < 1.29 is 0 Å². The quantitative estimate of drug-likeness (QED) is 0.262. The number of hydrogen-bond donors (Lipinski definition) is 2. The highest BCUT2D eigenvalue weighted by atomic mass is 127. The van der Waals surface area contributed by atoms with E-state index >= 15 is 0 Å². The summed E-state index contributed by atoms with van der Waals surface area (Å²) in [5, 5.41) is 7.78. The lowest BCUT2D eigenvalue weighted by Gasteiger charge is -2.11. The molecule has 3 aromatic rings. The first kappa shape index (κ1) is 24.1. The molecule has 0 saturated carbocycles. The monoisotopic (exact) mass is 537 g/mol. The molecular weight excluding hydrogens is 509 g/mol. The van der Waals surface area contributed by atoms with Gasteiger partial charge in [-0.1, -0.05) is 30.3 Å². The van der Waals surface area contributed by atoms with Crippen molar-refractivity contribution in [2.24, 2.45) is 4.99 Å². The highest BCUT2D eigenvalue weighted by Crippen LogP contribution is 2.11. The fourth-order valence-electron chi connectivity index (χ4n) is 2.85. The fraction of sp³-hybridized carbons (Fsp3) is 0.318. The molecule has 30 heavy (non-hydrogen) atoms. The van der Waals surface area contributed by atoms with E-state index in [1.54, 1.807) is 28.0 Å². The molecule has 0 amide bonds. The molecule has 0 fully saturated rings. The highest BCUT2D eigenvalue weighted by molar-refractivity contribution is 14.0. The van der Waals surface area contributed by atoms with Gasteiger partial charge in [0.1, 0.15) is 0 Å². The van der Waals surface area contributed by atoms with Crippen LogP contribution in [-0.4, -0.2) is 28.6 Å². The normalized spacial score (nSPS) is 11.1. The van der Waals surface area contributed by atoms with E-state index in [2.05, 4.69) is 58.7 Å². The van der Waals surface area contributed by atoms with E-state index in [0.717, 1.165) is 41.6 Å². The average Bonchev–Trinajstić information content (AvgIpc) is 3.14. The zero-order valence-electron chi connectivity index (χ0n) is 17.3. The SMILES string of the molecule is CCNC(=NCc1ccc(Cn2ccccc2=O)cc1)NCCc1ncc(C)s1.I. The molecule has 2 heterocycles. The molecular formula is C22H28IN5OS.